The molecule has 1 unspecified atom stereocenters. The van der Waals surface area contributed by atoms with Gasteiger partial charge in [0.25, 0.3) is 0 Å². The molecule has 0 bridgehead atoms. The Morgan fingerprint density at radius 1 is 1.50 bits per heavy atom. The Kier molecular flexibility index (Phi) is 6.45. The van der Waals surface area contributed by atoms with E-state index in [4.69, 9.17) is 4.74 Å². The van der Waals surface area contributed by atoms with Crippen LogP contribution in [-0.4, -0.2) is 50.7 Å². The average Bonchev–Trinajstić information content (AvgIpc) is 3.47. The lowest BCUT2D eigenvalue weighted by Crippen LogP contribution is -2.30. The molecule has 7 nitrogen and oxygen atoms in total. The molecule has 3 atom stereocenters. The van der Waals surface area contributed by atoms with Crippen LogP contribution in [0.4, 0.5) is 15.3 Å². The lowest BCUT2D eigenvalue weighted by atomic mass is 10.1. The fraction of sp³-hybridized carbons (Fsp3) is 0.435. The molecule has 3 aromatic heterocycles. The first-order valence-electron chi connectivity index (χ1n) is 10.8. The van der Waals surface area contributed by atoms with Crippen LogP contribution < -0.4 is 10.1 Å². The molecule has 1 aliphatic rings. The van der Waals surface area contributed by atoms with Crippen LogP contribution in [0.2, 0.25) is 0 Å². The molecule has 1 N–H and O–H groups in total. The van der Waals surface area contributed by atoms with E-state index in [0.29, 0.717) is 17.6 Å². The lowest BCUT2D eigenvalue weighted by Gasteiger charge is -2.17. The van der Waals surface area contributed by atoms with Gasteiger partial charge in [0.05, 0.1) is 24.0 Å². The predicted molar refractivity (Wildman–Crippen MR) is 125 cm³/mol. The number of carbonyl (C=O) groups excluding carboxylic acids is 1. The summed E-state index contributed by atoms with van der Waals surface area (Å²) in [6.45, 7) is 10.9. The van der Waals surface area contributed by atoms with Gasteiger partial charge in [0.1, 0.15) is 5.82 Å². The Bertz CT molecular complexity index is 1130. The zero-order valence-electron chi connectivity index (χ0n) is 18.5. The number of alkyl halides is 1. The second kappa shape index (κ2) is 9.28. The summed E-state index contributed by atoms with van der Waals surface area (Å²) in [6.07, 6.45) is 3.99. The predicted octanol–water partition coefficient (Wildman–Crippen LogP) is 4.70. The van der Waals surface area contributed by atoms with Gasteiger partial charge in [-0.05, 0) is 25.0 Å². The van der Waals surface area contributed by atoms with Crippen molar-refractivity contribution in [1.29, 1.82) is 0 Å². The van der Waals surface area contributed by atoms with Gasteiger partial charge in [0, 0.05) is 29.9 Å². The number of carbonyl (C=O) groups is 1. The van der Waals surface area contributed by atoms with Crippen molar-refractivity contribution in [3.8, 4) is 5.88 Å². The molecule has 1 fully saturated rings. The van der Waals surface area contributed by atoms with E-state index in [1.807, 2.05) is 25.3 Å². The topological polar surface area (TPSA) is 72.3 Å². The highest BCUT2D eigenvalue weighted by atomic mass is 32.1. The van der Waals surface area contributed by atoms with E-state index in [1.54, 1.807) is 6.20 Å². The molecule has 4 heterocycles. The summed E-state index contributed by atoms with van der Waals surface area (Å²) in [7, 11) is 0. The van der Waals surface area contributed by atoms with Crippen molar-refractivity contribution >= 4 is 39.1 Å². The minimum Gasteiger partial charge on any atom is -0.469 e. The highest BCUT2D eigenvalue weighted by molar-refractivity contribution is 7.15. The minimum absolute atomic E-state index is 0.00990. The number of aromatic nitrogens is 3. The largest absolute Gasteiger partial charge is 0.469 e. The number of fused-ring (bicyclic) bond motifs is 1. The molecular weight excluding hydrogens is 429 g/mol. The van der Waals surface area contributed by atoms with Crippen LogP contribution in [0.25, 0.3) is 10.9 Å². The van der Waals surface area contributed by atoms with Crippen LogP contribution in [0.1, 0.15) is 25.1 Å². The Morgan fingerprint density at radius 2 is 2.31 bits per heavy atom. The summed E-state index contributed by atoms with van der Waals surface area (Å²) in [5.74, 6) is 1.14. The van der Waals surface area contributed by atoms with E-state index < -0.39 is 12.3 Å². The number of hydrogen-bond donors (Lipinski definition) is 1. The van der Waals surface area contributed by atoms with E-state index in [0.717, 1.165) is 33.9 Å². The molecule has 0 aliphatic carbocycles. The van der Waals surface area contributed by atoms with E-state index in [-0.39, 0.29) is 19.0 Å². The number of likely N-dealkylation sites (tertiary alicyclic amines) is 1. The van der Waals surface area contributed by atoms with Crippen molar-refractivity contribution in [3.05, 3.63) is 42.1 Å². The van der Waals surface area contributed by atoms with Crippen molar-refractivity contribution in [2.45, 2.75) is 46.0 Å². The molecule has 0 saturated carbocycles. The Hall–Kier alpha value is -2.94. The first kappa shape index (κ1) is 22.3. The van der Waals surface area contributed by atoms with Crippen LogP contribution in [0, 0.1) is 12.8 Å². The Labute approximate surface area is 190 Å². The Morgan fingerprint density at radius 3 is 3.00 bits per heavy atom. The molecule has 3 aromatic rings. The van der Waals surface area contributed by atoms with Gasteiger partial charge >= 0.3 is 0 Å². The van der Waals surface area contributed by atoms with Gasteiger partial charge in [-0.2, -0.15) is 4.98 Å². The highest BCUT2D eigenvalue weighted by Crippen LogP contribution is 2.32. The number of rotatable bonds is 8. The third-order valence-corrected chi connectivity index (χ3v) is 6.57. The first-order chi connectivity index (χ1) is 15.4. The van der Waals surface area contributed by atoms with Crippen molar-refractivity contribution in [1.82, 2.24) is 19.4 Å². The number of anilines is 2. The van der Waals surface area contributed by atoms with E-state index in [9.17, 15) is 9.18 Å². The SMILES string of the molecule is C=CC(=O)N1C[C@H](F)[C@H](Oc2nc(Nc3ncc(C)s3)cc3c2ccn3CC(C)CC)C1. The van der Waals surface area contributed by atoms with Gasteiger partial charge in [-0.3, -0.25) is 4.79 Å². The van der Waals surface area contributed by atoms with Gasteiger partial charge in [-0.15, -0.1) is 11.3 Å². The molecule has 9 heteroatoms. The van der Waals surface area contributed by atoms with Gasteiger partial charge in [0.2, 0.25) is 11.8 Å². The van der Waals surface area contributed by atoms with Crippen LogP contribution in [0.15, 0.2) is 37.2 Å². The van der Waals surface area contributed by atoms with Gasteiger partial charge in [0.15, 0.2) is 17.4 Å². The summed E-state index contributed by atoms with van der Waals surface area (Å²) in [6, 6.07) is 3.92. The maximum atomic E-state index is 14.7. The number of nitrogens with one attached hydrogen (secondary N) is 1. The van der Waals surface area contributed by atoms with Crippen molar-refractivity contribution in [3.63, 3.8) is 0 Å². The summed E-state index contributed by atoms with van der Waals surface area (Å²) in [5.41, 5.74) is 0.957. The third-order valence-electron chi connectivity index (χ3n) is 5.74. The normalized spacial score (nSPS) is 19.3. The lowest BCUT2D eigenvalue weighted by molar-refractivity contribution is -0.125. The molecule has 0 spiro atoms. The maximum Gasteiger partial charge on any atom is 0.246 e. The molecule has 170 valence electrons. The highest BCUT2D eigenvalue weighted by Gasteiger charge is 2.37. The zero-order chi connectivity index (χ0) is 22.8. The zero-order valence-corrected chi connectivity index (χ0v) is 19.4. The average molecular weight is 458 g/mol. The third kappa shape index (κ3) is 4.62. The summed E-state index contributed by atoms with van der Waals surface area (Å²) < 4.78 is 22.9. The van der Waals surface area contributed by atoms with Crippen LogP contribution in [-0.2, 0) is 11.3 Å². The summed E-state index contributed by atoms with van der Waals surface area (Å²) in [4.78, 5) is 23.4. The van der Waals surface area contributed by atoms with Gasteiger partial charge in [-0.25, -0.2) is 9.37 Å². The number of nitrogens with zero attached hydrogens (tertiary/aromatic N) is 4. The van der Waals surface area contributed by atoms with Gasteiger partial charge in [-0.1, -0.05) is 26.8 Å². The molecule has 32 heavy (non-hydrogen) atoms. The molecular formula is C23H28FN5O2S. The number of halogens is 1. The number of pyridine rings is 1. The number of ether oxygens (including phenoxy) is 1. The number of aryl methyl sites for hydroxylation is 1. The van der Waals surface area contributed by atoms with Crippen molar-refractivity contribution < 1.29 is 13.9 Å². The van der Waals surface area contributed by atoms with Crippen molar-refractivity contribution in [2.75, 3.05) is 18.4 Å². The van der Waals surface area contributed by atoms with E-state index in [2.05, 4.69) is 40.3 Å². The van der Waals surface area contributed by atoms with E-state index >= 15 is 0 Å². The quantitative estimate of drug-likeness (QED) is 0.496. The second-order valence-corrected chi connectivity index (χ2v) is 9.48. The molecule has 4 rings (SSSR count). The van der Waals surface area contributed by atoms with Crippen LogP contribution in [0.3, 0.4) is 0 Å². The Balaban J connectivity index is 1.68. The van der Waals surface area contributed by atoms with Gasteiger partial charge < -0.3 is 19.5 Å². The number of hydrogen-bond acceptors (Lipinski definition) is 6. The smallest absolute Gasteiger partial charge is 0.246 e. The van der Waals surface area contributed by atoms with Crippen LogP contribution in [0.5, 0.6) is 5.88 Å². The van der Waals surface area contributed by atoms with Crippen LogP contribution >= 0.6 is 11.3 Å². The van der Waals surface area contributed by atoms with E-state index in [1.165, 1.54) is 22.3 Å². The molecule has 0 aromatic carbocycles. The second-order valence-electron chi connectivity index (χ2n) is 8.25. The summed E-state index contributed by atoms with van der Waals surface area (Å²) >= 11 is 1.53. The monoisotopic (exact) mass is 457 g/mol. The fourth-order valence-electron chi connectivity index (χ4n) is 3.76. The molecule has 0 radical (unpaired) electrons. The fourth-order valence-corrected chi connectivity index (χ4v) is 4.43. The molecule has 1 saturated heterocycles. The van der Waals surface area contributed by atoms with Crippen molar-refractivity contribution in [2.24, 2.45) is 5.92 Å². The summed E-state index contributed by atoms with van der Waals surface area (Å²) in [5, 5.41) is 4.79. The number of thiazole rings is 1. The first-order valence-corrected chi connectivity index (χ1v) is 11.6. The molecule has 1 amide bonds. The standard InChI is InChI=1S/C23H28FN5O2S/c1-5-14(3)11-28-8-7-16-18(28)9-20(27-23-25-10-15(4)32-23)26-22(16)31-19-13-29(12-17(19)24)21(30)6-2/h6-10,14,17,19H,2,5,11-13H2,1,3-4H3,(H,25,26,27)/t14?,17-,19+/m0/s1. The minimum atomic E-state index is -1.30. The maximum absolute atomic E-state index is 14.7. The number of amides is 1. The molecule has 1 aliphatic heterocycles.